The van der Waals surface area contributed by atoms with Gasteiger partial charge < -0.3 is 0 Å². The highest BCUT2D eigenvalue weighted by molar-refractivity contribution is 7.85. The summed E-state index contributed by atoms with van der Waals surface area (Å²) in [7, 11) is -3.60. The first-order valence-corrected chi connectivity index (χ1v) is 7.72. The van der Waals surface area contributed by atoms with E-state index in [1.165, 1.54) is 30.5 Å². The largest absolute Gasteiger partial charge is 0.264 e. The SMILES string of the molecule is CS(=O)(=O)OCc1ccnc(-c2ccccc2C(F)F)n1. The van der Waals surface area contributed by atoms with Crippen LogP contribution in [-0.4, -0.2) is 24.6 Å². The quantitative estimate of drug-likeness (QED) is 0.793. The Bertz CT molecular complexity index is 736. The number of aromatic nitrogens is 2. The Morgan fingerprint density at radius 2 is 1.95 bits per heavy atom. The molecule has 0 radical (unpaired) electrons. The average Bonchev–Trinajstić information content (AvgIpc) is 2.45. The van der Waals surface area contributed by atoms with Gasteiger partial charge in [0.1, 0.15) is 6.61 Å². The predicted octanol–water partition coefficient (Wildman–Crippen LogP) is 2.56. The third kappa shape index (κ3) is 4.27. The second-order valence-corrected chi connectivity index (χ2v) is 5.87. The second-order valence-electron chi connectivity index (χ2n) is 4.23. The average molecular weight is 314 g/mol. The Kier molecular flexibility index (Phi) is 4.59. The fourth-order valence-electron chi connectivity index (χ4n) is 1.66. The smallest absolute Gasteiger partial charge is 0.264 e. The minimum Gasteiger partial charge on any atom is -0.264 e. The zero-order valence-corrected chi connectivity index (χ0v) is 11.8. The summed E-state index contributed by atoms with van der Waals surface area (Å²) in [5, 5.41) is 0. The Balaban J connectivity index is 2.34. The van der Waals surface area contributed by atoms with E-state index in [0.29, 0.717) is 0 Å². The Morgan fingerprint density at radius 3 is 2.62 bits per heavy atom. The minimum atomic E-state index is -3.60. The highest BCUT2D eigenvalue weighted by Crippen LogP contribution is 2.28. The van der Waals surface area contributed by atoms with Crippen molar-refractivity contribution in [1.82, 2.24) is 9.97 Å². The van der Waals surface area contributed by atoms with Gasteiger partial charge in [0.15, 0.2) is 5.82 Å². The van der Waals surface area contributed by atoms with E-state index in [0.717, 1.165) is 6.26 Å². The van der Waals surface area contributed by atoms with Gasteiger partial charge in [0.25, 0.3) is 16.5 Å². The van der Waals surface area contributed by atoms with Crippen molar-refractivity contribution in [1.29, 1.82) is 0 Å². The van der Waals surface area contributed by atoms with Gasteiger partial charge >= 0.3 is 0 Å². The Hall–Kier alpha value is -1.93. The minimum absolute atomic E-state index is 0.0977. The van der Waals surface area contributed by atoms with Crippen molar-refractivity contribution in [3.8, 4) is 11.4 Å². The monoisotopic (exact) mass is 314 g/mol. The van der Waals surface area contributed by atoms with Crippen molar-refractivity contribution in [2.24, 2.45) is 0 Å². The summed E-state index contributed by atoms with van der Waals surface area (Å²) in [6.07, 6.45) is -0.368. The topological polar surface area (TPSA) is 69.2 Å². The Morgan fingerprint density at radius 1 is 1.24 bits per heavy atom. The number of benzene rings is 1. The van der Waals surface area contributed by atoms with E-state index < -0.39 is 16.5 Å². The van der Waals surface area contributed by atoms with E-state index in [-0.39, 0.29) is 29.3 Å². The summed E-state index contributed by atoms with van der Waals surface area (Å²) in [6.45, 7) is -0.273. The van der Waals surface area contributed by atoms with Crippen LogP contribution >= 0.6 is 0 Å². The van der Waals surface area contributed by atoms with Crippen LogP contribution in [0.3, 0.4) is 0 Å². The fourth-order valence-corrected chi connectivity index (χ4v) is 2.00. The van der Waals surface area contributed by atoms with Crippen LogP contribution in [0.15, 0.2) is 36.5 Å². The Labute approximate surface area is 120 Å². The molecule has 0 amide bonds. The van der Waals surface area contributed by atoms with Crippen LogP contribution < -0.4 is 0 Å². The number of halogens is 2. The molecule has 0 aliphatic carbocycles. The van der Waals surface area contributed by atoms with Crippen molar-refractivity contribution in [2.45, 2.75) is 13.0 Å². The molecule has 0 spiro atoms. The van der Waals surface area contributed by atoms with E-state index >= 15 is 0 Å². The standard InChI is InChI=1S/C13H12F2N2O3S/c1-21(18,19)20-8-9-6-7-16-13(17-9)11-5-3-2-4-10(11)12(14)15/h2-7,12H,8H2,1H3. The van der Waals surface area contributed by atoms with Crippen molar-refractivity contribution < 1.29 is 21.4 Å². The van der Waals surface area contributed by atoms with E-state index in [4.69, 9.17) is 0 Å². The molecule has 0 aliphatic heterocycles. The van der Waals surface area contributed by atoms with Gasteiger partial charge in [-0.15, -0.1) is 0 Å². The van der Waals surface area contributed by atoms with Crippen LogP contribution in [0.5, 0.6) is 0 Å². The van der Waals surface area contributed by atoms with Gasteiger partial charge in [-0.1, -0.05) is 24.3 Å². The molecule has 0 atom stereocenters. The molecule has 21 heavy (non-hydrogen) atoms. The number of hydrogen-bond donors (Lipinski definition) is 0. The molecular weight excluding hydrogens is 302 g/mol. The van der Waals surface area contributed by atoms with Crippen LogP contribution in [0.4, 0.5) is 8.78 Å². The first-order chi connectivity index (χ1) is 9.87. The molecule has 5 nitrogen and oxygen atoms in total. The molecule has 0 bridgehead atoms. The van der Waals surface area contributed by atoms with Crippen molar-refractivity contribution in [3.63, 3.8) is 0 Å². The first-order valence-electron chi connectivity index (χ1n) is 5.90. The predicted molar refractivity (Wildman–Crippen MR) is 72.1 cm³/mol. The summed E-state index contributed by atoms with van der Waals surface area (Å²) < 4.78 is 52.4. The summed E-state index contributed by atoms with van der Waals surface area (Å²) in [6, 6.07) is 7.34. The van der Waals surface area contributed by atoms with Crippen LogP contribution in [-0.2, 0) is 20.9 Å². The lowest BCUT2D eigenvalue weighted by Crippen LogP contribution is -2.05. The summed E-state index contributed by atoms with van der Waals surface area (Å²) in [5.41, 5.74) is 0.307. The lowest BCUT2D eigenvalue weighted by atomic mass is 10.1. The number of rotatable bonds is 5. The van der Waals surface area contributed by atoms with Crippen molar-refractivity contribution in [2.75, 3.05) is 6.26 Å². The van der Waals surface area contributed by atoms with Crippen LogP contribution in [0.25, 0.3) is 11.4 Å². The molecular formula is C13H12F2N2O3S. The van der Waals surface area contributed by atoms with Crippen LogP contribution in [0.1, 0.15) is 17.7 Å². The molecule has 2 rings (SSSR count). The van der Waals surface area contributed by atoms with Gasteiger partial charge in [-0.05, 0) is 6.07 Å². The number of nitrogens with zero attached hydrogens (tertiary/aromatic N) is 2. The van der Waals surface area contributed by atoms with E-state index in [1.807, 2.05) is 0 Å². The third-order valence-corrected chi connectivity index (χ3v) is 3.12. The molecule has 0 N–H and O–H groups in total. The van der Waals surface area contributed by atoms with Gasteiger partial charge in [0, 0.05) is 17.3 Å². The fraction of sp³-hybridized carbons (Fsp3) is 0.231. The molecule has 0 aliphatic rings. The van der Waals surface area contributed by atoms with E-state index in [1.54, 1.807) is 6.07 Å². The lowest BCUT2D eigenvalue weighted by Gasteiger charge is -2.08. The van der Waals surface area contributed by atoms with Gasteiger partial charge in [0.2, 0.25) is 0 Å². The van der Waals surface area contributed by atoms with Gasteiger partial charge in [-0.3, -0.25) is 4.18 Å². The van der Waals surface area contributed by atoms with E-state index in [2.05, 4.69) is 14.2 Å². The molecule has 1 aromatic heterocycles. The molecule has 112 valence electrons. The van der Waals surface area contributed by atoms with Crippen molar-refractivity contribution in [3.05, 3.63) is 47.8 Å². The summed E-state index contributed by atoms with van der Waals surface area (Å²) >= 11 is 0. The molecule has 0 fully saturated rings. The highest BCUT2D eigenvalue weighted by atomic mass is 32.2. The van der Waals surface area contributed by atoms with E-state index in [9.17, 15) is 17.2 Å². The van der Waals surface area contributed by atoms with Crippen molar-refractivity contribution >= 4 is 10.1 Å². The molecule has 0 saturated heterocycles. The zero-order chi connectivity index (χ0) is 15.5. The lowest BCUT2D eigenvalue weighted by molar-refractivity contribution is 0.152. The molecule has 1 heterocycles. The second kappa shape index (κ2) is 6.23. The highest BCUT2D eigenvalue weighted by Gasteiger charge is 2.15. The number of hydrogen-bond acceptors (Lipinski definition) is 5. The molecule has 0 unspecified atom stereocenters. The van der Waals surface area contributed by atoms with Gasteiger partial charge in [0.05, 0.1) is 11.9 Å². The molecule has 8 heteroatoms. The third-order valence-electron chi connectivity index (χ3n) is 2.57. The normalized spacial score (nSPS) is 11.8. The molecule has 0 saturated carbocycles. The van der Waals surface area contributed by atoms with Crippen LogP contribution in [0, 0.1) is 0 Å². The summed E-state index contributed by atoms with van der Waals surface area (Å²) in [4.78, 5) is 8.00. The van der Waals surface area contributed by atoms with Crippen LogP contribution in [0.2, 0.25) is 0 Å². The zero-order valence-electron chi connectivity index (χ0n) is 11.0. The maximum Gasteiger partial charge on any atom is 0.264 e. The molecule has 2 aromatic rings. The summed E-state index contributed by atoms with van der Waals surface area (Å²) in [5.74, 6) is 0.0977. The van der Waals surface area contributed by atoms with Gasteiger partial charge in [-0.2, -0.15) is 8.42 Å². The van der Waals surface area contributed by atoms with Gasteiger partial charge in [-0.25, -0.2) is 18.7 Å². The maximum atomic E-state index is 13.0. The maximum absolute atomic E-state index is 13.0. The number of alkyl halides is 2. The molecule has 1 aromatic carbocycles. The first kappa shape index (κ1) is 15.5.